The van der Waals surface area contributed by atoms with Gasteiger partial charge in [-0.3, -0.25) is 14.9 Å². The number of carbonyl (C=O) groups is 1. The number of hydrogen-bond acceptors (Lipinski definition) is 5. The van der Waals surface area contributed by atoms with Crippen molar-refractivity contribution in [2.45, 2.75) is 46.5 Å². The van der Waals surface area contributed by atoms with Gasteiger partial charge in [0.1, 0.15) is 19.0 Å². The molecule has 1 aromatic rings. The van der Waals surface area contributed by atoms with Crippen LogP contribution < -0.4 is 4.74 Å². The number of ether oxygens (including phenoxy) is 2. The zero-order valence-electron chi connectivity index (χ0n) is 14.2. The molecule has 6 nitrogen and oxygen atoms in total. The largest absolute Gasteiger partial charge is 0.490 e. The predicted molar refractivity (Wildman–Crippen MR) is 87.7 cm³/mol. The van der Waals surface area contributed by atoms with Crippen LogP contribution in [0, 0.1) is 16.0 Å². The van der Waals surface area contributed by atoms with Crippen molar-refractivity contribution in [1.29, 1.82) is 0 Å². The Balaban J connectivity index is 2.69. The van der Waals surface area contributed by atoms with Crippen LogP contribution in [0.15, 0.2) is 18.2 Å². The number of rotatable bonds is 9. The Morgan fingerprint density at radius 3 is 2.48 bits per heavy atom. The Kier molecular flexibility index (Phi) is 7.51. The van der Waals surface area contributed by atoms with E-state index in [1.54, 1.807) is 12.1 Å². The zero-order chi connectivity index (χ0) is 17.4. The third-order valence-corrected chi connectivity index (χ3v) is 3.95. The standard InChI is InChI=1S/C17H25NO5/c1-5-12(3)15-11-14(18(20)21)7-8-16(15)22-9-10-23-17(19)13(4)6-2/h7-8,11-13H,5-6,9-10H2,1-4H3. The maximum Gasteiger partial charge on any atom is 0.308 e. The van der Waals surface area contributed by atoms with Crippen LogP contribution in [0.3, 0.4) is 0 Å². The fourth-order valence-electron chi connectivity index (χ4n) is 1.99. The van der Waals surface area contributed by atoms with Crippen molar-refractivity contribution in [2.75, 3.05) is 13.2 Å². The third-order valence-electron chi connectivity index (χ3n) is 3.95. The zero-order valence-corrected chi connectivity index (χ0v) is 14.2. The first-order valence-corrected chi connectivity index (χ1v) is 7.98. The van der Waals surface area contributed by atoms with E-state index in [1.165, 1.54) is 6.07 Å². The summed E-state index contributed by atoms with van der Waals surface area (Å²) in [5.41, 5.74) is 0.853. The van der Waals surface area contributed by atoms with E-state index in [9.17, 15) is 14.9 Å². The van der Waals surface area contributed by atoms with Crippen LogP contribution in [0.1, 0.15) is 52.0 Å². The van der Waals surface area contributed by atoms with E-state index < -0.39 is 4.92 Å². The van der Waals surface area contributed by atoms with Crippen molar-refractivity contribution in [3.63, 3.8) is 0 Å². The molecule has 0 aromatic heterocycles. The summed E-state index contributed by atoms with van der Waals surface area (Å²) in [5.74, 6) is 0.393. The monoisotopic (exact) mass is 323 g/mol. The van der Waals surface area contributed by atoms with E-state index in [-0.39, 0.29) is 36.7 Å². The van der Waals surface area contributed by atoms with Crippen molar-refractivity contribution in [2.24, 2.45) is 5.92 Å². The molecule has 0 bridgehead atoms. The molecule has 0 aliphatic heterocycles. The van der Waals surface area contributed by atoms with Crippen LogP contribution >= 0.6 is 0 Å². The molecule has 23 heavy (non-hydrogen) atoms. The van der Waals surface area contributed by atoms with Crippen molar-refractivity contribution >= 4 is 11.7 Å². The minimum atomic E-state index is -0.413. The van der Waals surface area contributed by atoms with Gasteiger partial charge in [0.2, 0.25) is 0 Å². The van der Waals surface area contributed by atoms with Crippen LogP contribution in [-0.4, -0.2) is 24.1 Å². The van der Waals surface area contributed by atoms with E-state index in [0.717, 1.165) is 18.4 Å². The van der Waals surface area contributed by atoms with Crippen LogP contribution in [0.2, 0.25) is 0 Å². The first-order chi connectivity index (χ1) is 10.9. The summed E-state index contributed by atoms with van der Waals surface area (Å²) >= 11 is 0. The lowest BCUT2D eigenvalue weighted by atomic mass is 9.97. The number of nitro groups is 1. The lowest BCUT2D eigenvalue weighted by Gasteiger charge is -2.16. The smallest absolute Gasteiger partial charge is 0.308 e. The van der Waals surface area contributed by atoms with Crippen molar-refractivity contribution in [3.05, 3.63) is 33.9 Å². The fourth-order valence-corrected chi connectivity index (χ4v) is 1.99. The number of hydrogen-bond donors (Lipinski definition) is 0. The Hall–Kier alpha value is -2.11. The van der Waals surface area contributed by atoms with Gasteiger partial charge in [-0.05, 0) is 24.8 Å². The summed E-state index contributed by atoms with van der Waals surface area (Å²) in [6.07, 6.45) is 1.58. The maximum atomic E-state index is 11.6. The number of non-ortho nitro benzene ring substituents is 1. The van der Waals surface area contributed by atoms with E-state index in [2.05, 4.69) is 0 Å². The molecular weight excluding hydrogens is 298 g/mol. The first-order valence-electron chi connectivity index (χ1n) is 7.98. The topological polar surface area (TPSA) is 78.7 Å². The van der Waals surface area contributed by atoms with E-state index in [4.69, 9.17) is 9.47 Å². The highest BCUT2D eigenvalue weighted by Crippen LogP contribution is 2.32. The molecule has 1 aromatic carbocycles. The van der Waals surface area contributed by atoms with Crippen LogP contribution in [0.25, 0.3) is 0 Å². The van der Waals surface area contributed by atoms with Gasteiger partial charge in [-0.25, -0.2) is 0 Å². The second kappa shape index (κ2) is 9.12. The van der Waals surface area contributed by atoms with Crippen LogP contribution in [0.4, 0.5) is 5.69 Å². The van der Waals surface area contributed by atoms with Gasteiger partial charge in [0.25, 0.3) is 5.69 Å². The minimum Gasteiger partial charge on any atom is -0.490 e. The molecule has 1 rings (SSSR count). The normalized spacial score (nSPS) is 13.2. The molecule has 6 heteroatoms. The molecular formula is C17H25NO5. The van der Waals surface area contributed by atoms with Crippen molar-refractivity contribution < 1.29 is 19.2 Å². The van der Waals surface area contributed by atoms with Gasteiger partial charge in [0, 0.05) is 17.7 Å². The summed E-state index contributed by atoms with van der Waals surface area (Å²) in [7, 11) is 0. The predicted octanol–water partition coefficient (Wildman–Crippen LogP) is 4.08. The van der Waals surface area contributed by atoms with E-state index >= 15 is 0 Å². The minimum absolute atomic E-state index is 0.0517. The van der Waals surface area contributed by atoms with Crippen LogP contribution in [0.5, 0.6) is 5.75 Å². The summed E-state index contributed by atoms with van der Waals surface area (Å²) in [4.78, 5) is 22.1. The van der Waals surface area contributed by atoms with Gasteiger partial charge in [0.15, 0.2) is 0 Å². The van der Waals surface area contributed by atoms with Crippen molar-refractivity contribution in [3.8, 4) is 5.75 Å². The molecule has 0 saturated heterocycles. The second-order valence-corrected chi connectivity index (χ2v) is 5.61. The highest BCUT2D eigenvalue weighted by atomic mass is 16.6. The average molecular weight is 323 g/mol. The summed E-state index contributed by atoms with van der Waals surface area (Å²) < 4.78 is 10.8. The summed E-state index contributed by atoms with van der Waals surface area (Å²) in [5, 5.41) is 10.9. The third kappa shape index (κ3) is 5.54. The lowest BCUT2D eigenvalue weighted by Crippen LogP contribution is -2.18. The Morgan fingerprint density at radius 2 is 1.91 bits per heavy atom. The SMILES string of the molecule is CCC(C)C(=O)OCCOc1ccc([N+](=O)[O-])cc1C(C)CC. The maximum absolute atomic E-state index is 11.6. The molecule has 0 N–H and O–H groups in total. The molecule has 0 aliphatic rings. The number of carbonyl (C=O) groups excluding carboxylic acids is 1. The molecule has 128 valence electrons. The second-order valence-electron chi connectivity index (χ2n) is 5.61. The van der Waals surface area contributed by atoms with E-state index in [0.29, 0.717) is 5.75 Å². The quantitative estimate of drug-likeness (QED) is 0.296. The lowest BCUT2D eigenvalue weighted by molar-refractivity contribution is -0.385. The molecule has 0 fully saturated rings. The Bertz CT molecular complexity index is 544. The molecule has 0 saturated carbocycles. The Morgan fingerprint density at radius 1 is 1.22 bits per heavy atom. The molecule has 0 aliphatic carbocycles. The first kappa shape index (κ1) is 18.9. The van der Waals surface area contributed by atoms with E-state index in [1.807, 2.05) is 27.7 Å². The number of benzene rings is 1. The highest BCUT2D eigenvalue weighted by molar-refractivity contribution is 5.71. The van der Waals surface area contributed by atoms with Gasteiger partial charge >= 0.3 is 5.97 Å². The fraction of sp³-hybridized carbons (Fsp3) is 0.588. The van der Waals surface area contributed by atoms with Gasteiger partial charge < -0.3 is 9.47 Å². The van der Waals surface area contributed by atoms with Crippen molar-refractivity contribution in [1.82, 2.24) is 0 Å². The number of nitrogens with zero attached hydrogens (tertiary/aromatic N) is 1. The Labute approximate surface area is 136 Å². The molecule has 2 unspecified atom stereocenters. The van der Waals surface area contributed by atoms with Gasteiger partial charge in [-0.15, -0.1) is 0 Å². The molecule has 2 atom stereocenters. The van der Waals surface area contributed by atoms with Crippen LogP contribution in [-0.2, 0) is 9.53 Å². The summed E-state index contributed by atoms with van der Waals surface area (Å²) in [6.45, 7) is 8.15. The number of nitro benzene ring substituents is 1. The molecule has 0 spiro atoms. The summed E-state index contributed by atoms with van der Waals surface area (Å²) in [6, 6.07) is 4.58. The van der Waals surface area contributed by atoms with Gasteiger partial charge in [-0.2, -0.15) is 0 Å². The molecule has 0 amide bonds. The van der Waals surface area contributed by atoms with Gasteiger partial charge in [-0.1, -0.05) is 27.7 Å². The van der Waals surface area contributed by atoms with Gasteiger partial charge in [0.05, 0.1) is 10.8 Å². The molecule has 0 heterocycles. The average Bonchev–Trinajstić information content (AvgIpc) is 2.56. The number of esters is 1. The highest BCUT2D eigenvalue weighted by Gasteiger charge is 2.16. The molecule has 0 radical (unpaired) electrons.